The Morgan fingerprint density at radius 2 is 1.96 bits per heavy atom. The molecule has 6 nitrogen and oxygen atoms in total. The van der Waals surface area contributed by atoms with E-state index < -0.39 is 0 Å². The molecule has 0 saturated carbocycles. The number of methoxy groups -OCH3 is 2. The monoisotopic (exact) mass is 417 g/mol. The third-order valence-corrected chi connectivity index (χ3v) is 5.36. The van der Waals surface area contributed by atoms with Gasteiger partial charge in [0.1, 0.15) is 11.5 Å². The van der Waals surface area contributed by atoms with Crippen LogP contribution in [0.25, 0.3) is 11.4 Å². The van der Waals surface area contributed by atoms with Crippen molar-refractivity contribution >= 4 is 29.1 Å². The summed E-state index contributed by atoms with van der Waals surface area (Å²) < 4.78 is 12.5. The number of carbonyl (C=O) groups excluding carboxylic acids is 1. The summed E-state index contributed by atoms with van der Waals surface area (Å²) >= 11 is 7.43. The number of halogens is 1. The highest BCUT2D eigenvalue weighted by Gasteiger charge is 2.18. The van der Waals surface area contributed by atoms with Gasteiger partial charge in [-0.3, -0.25) is 4.79 Å². The van der Waals surface area contributed by atoms with E-state index in [2.05, 4.69) is 10.2 Å². The number of carbonyl (C=O) groups is 1. The summed E-state index contributed by atoms with van der Waals surface area (Å²) in [6.07, 6.45) is 0. The summed E-state index contributed by atoms with van der Waals surface area (Å²) in [6.45, 7) is 2.68. The average molecular weight is 418 g/mol. The molecule has 0 aliphatic carbocycles. The topological polar surface area (TPSA) is 66.2 Å². The molecule has 2 aromatic carbocycles. The third-order valence-electron chi connectivity index (χ3n) is 4.16. The van der Waals surface area contributed by atoms with Crippen molar-refractivity contribution in [1.82, 2.24) is 14.8 Å². The molecule has 146 valence electrons. The molecule has 0 radical (unpaired) electrons. The van der Waals surface area contributed by atoms with Crippen LogP contribution in [0.1, 0.15) is 17.3 Å². The SMILES string of the molecule is CCn1c(SCC(=O)c2cc(OC)ccc2OC)nnc1-c1cccc(Cl)c1. The second kappa shape index (κ2) is 9.12. The minimum atomic E-state index is -0.0734. The number of hydrogen-bond donors (Lipinski definition) is 0. The van der Waals surface area contributed by atoms with E-state index in [4.69, 9.17) is 21.1 Å². The van der Waals surface area contributed by atoms with Crippen LogP contribution in [0, 0.1) is 0 Å². The van der Waals surface area contributed by atoms with Crippen molar-refractivity contribution in [3.8, 4) is 22.9 Å². The van der Waals surface area contributed by atoms with E-state index in [1.165, 1.54) is 18.9 Å². The molecule has 0 fully saturated rings. The second-order valence-electron chi connectivity index (χ2n) is 5.84. The van der Waals surface area contributed by atoms with E-state index >= 15 is 0 Å². The zero-order valence-corrected chi connectivity index (χ0v) is 17.4. The first-order valence-corrected chi connectivity index (χ1v) is 10.0. The van der Waals surface area contributed by atoms with Gasteiger partial charge in [0.2, 0.25) is 0 Å². The van der Waals surface area contributed by atoms with Crippen LogP contribution < -0.4 is 9.47 Å². The van der Waals surface area contributed by atoms with Crippen molar-refractivity contribution < 1.29 is 14.3 Å². The van der Waals surface area contributed by atoms with E-state index in [-0.39, 0.29) is 11.5 Å². The van der Waals surface area contributed by atoms with Crippen molar-refractivity contribution in [3.63, 3.8) is 0 Å². The number of benzene rings is 2. The molecule has 0 aliphatic heterocycles. The van der Waals surface area contributed by atoms with Crippen molar-refractivity contribution in [3.05, 3.63) is 53.1 Å². The van der Waals surface area contributed by atoms with Gasteiger partial charge in [-0.25, -0.2) is 0 Å². The molecule has 28 heavy (non-hydrogen) atoms. The zero-order valence-electron chi connectivity index (χ0n) is 15.8. The third kappa shape index (κ3) is 4.31. The molecule has 0 unspecified atom stereocenters. The Bertz CT molecular complexity index is 991. The molecular formula is C20H20ClN3O3S. The summed E-state index contributed by atoms with van der Waals surface area (Å²) in [5.41, 5.74) is 1.36. The molecule has 0 saturated heterocycles. The van der Waals surface area contributed by atoms with Gasteiger partial charge < -0.3 is 14.0 Å². The van der Waals surface area contributed by atoms with Crippen LogP contribution in [-0.2, 0) is 6.54 Å². The molecule has 0 bridgehead atoms. The largest absolute Gasteiger partial charge is 0.497 e. The number of rotatable bonds is 8. The summed E-state index contributed by atoms with van der Waals surface area (Å²) in [7, 11) is 3.10. The molecular weight excluding hydrogens is 398 g/mol. The number of ether oxygens (including phenoxy) is 2. The predicted molar refractivity (Wildman–Crippen MR) is 111 cm³/mol. The van der Waals surface area contributed by atoms with Crippen LogP contribution in [0.5, 0.6) is 11.5 Å². The smallest absolute Gasteiger partial charge is 0.191 e. The fourth-order valence-corrected chi connectivity index (χ4v) is 3.84. The molecule has 1 heterocycles. The number of Topliss-reactive ketones (excluding diaryl/α,β-unsaturated/α-hetero) is 1. The summed E-state index contributed by atoms with van der Waals surface area (Å²) in [6, 6.07) is 12.6. The van der Waals surface area contributed by atoms with Gasteiger partial charge in [0.05, 0.1) is 25.5 Å². The van der Waals surface area contributed by atoms with Crippen LogP contribution in [0.15, 0.2) is 47.6 Å². The van der Waals surface area contributed by atoms with Crippen molar-refractivity contribution in [2.75, 3.05) is 20.0 Å². The normalized spacial score (nSPS) is 10.7. The Labute approximate surface area is 172 Å². The first kappa shape index (κ1) is 20.2. The van der Waals surface area contributed by atoms with Crippen LogP contribution >= 0.6 is 23.4 Å². The van der Waals surface area contributed by atoms with Gasteiger partial charge >= 0.3 is 0 Å². The van der Waals surface area contributed by atoms with E-state index in [1.54, 1.807) is 25.3 Å². The molecule has 0 amide bonds. The fraction of sp³-hybridized carbons (Fsp3) is 0.250. The highest BCUT2D eigenvalue weighted by Crippen LogP contribution is 2.29. The Balaban J connectivity index is 1.81. The van der Waals surface area contributed by atoms with Crippen molar-refractivity contribution in [1.29, 1.82) is 0 Å². The maximum absolute atomic E-state index is 12.8. The molecule has 0 aliphatic rings. The Morgan fingerprint density at radius 3 is 2.64 bits per heavy atom. The molecule has 1 aromatic heterocycles. The van der Waals surface area contributed by atoms with Gasteiger partial charge in [-0.05, 0) is 37.3 Å². The fourth-order valence-electron chi connectivity index (χ4n) is 2.76. The molecule has 0 spiro atoms. The lowest BCUT2D eigenvalue weighted by Gasteiger charge is -2.10. The number of thioether (sulfide) groups is 1. The minimum absolute atomic E-state index is 0.0734. The van der Waals surface area contributed by atoms with Crippen molar-refractivity contribution in [2.24, 2.45) is 0 Å². The molecule has 3 aromatic rings. The van der Waals surface area contributed by atoms with Gasteiger partial charge in [-0.1, -0.05) is 35.5 Å². The number of nitrogens with zero attached hydrogens (tertiary/aromatic N) is 3. The predicted octanol–water partition coefficient (Wildman–Crippen LogP) is 4.61. The maximum atomic E-state index is 12.8. The molecule has 8 heteroatoms. The number of hydrogen-bond acceptors (Lipinski definition) is 6. The highest BCUT2D eigenvalue weighted by atomic mass is 35.5. The molecule has 0 atom stereocenters. The quantitative estimate of drug-likeness (QED) is 0.394. The van der Waals surface area contributed by atoms with E-state index in [0.29, 0.717) is 33.8 Å². The Kier molecular flexibility index (Phi) is 6.59. The molecule has 0 N–H and O–H groups in total. The van der Waals surface area contributed by atoms with Gasteiger partial charge in [-0.2, -0.15) is 0 Å². The van der Waals surface area contributed by atoms with Crippen LogP contribution in [0.3, 0.4) is 0 Å². The highest BCUT2D eigenvalue weighted by molar-refractivity contribution is 7.99. The minimum Gasteiger partial charge on any atom is -0.497 e. The first-order chi connectivity index (χ1) is 13.6. The lowest BCUT2D eigenvalue weighted by atomic mass is 10.1. The summed E-state index contributed by atoms with van der Waals surface area (Å²) in [4.78, 5) is 12.8. The Hall–Kier alpha value is -2.51. The standard InChI is InChI=1S/C20H20ClN3O3S/c1-4-24-19(13-6-5-7-14(21)10-13)22-23-20(24)28-12-17(25)16-11-15(26-2)8-9-18(16)27-3/h5-11H,4,12H2,1-3H3. The van der Waals surface area contributed by atoms with Gasteiger partial charge in [-0.15, -0.1) is 10.2 Å². The van der Waals surface area contributed by atoms with E-state index in [0.717, 1.165) is 11.4 Å². The van der Waals surface area contributed by atoms with Crippen LogP contribution in [0.4, 0.5) is 0 Å². The zero-order chi connectivity index (χ0) is 20.1. The van der Waals surface area contributed by atoms with Crippen molar-refractivity contribution in [2.45, 2.75) is 18.6 Å². The number of aromatic nitrogens is 3. The Morgan fingerprint density at radius 1 is 1.14 bits per heavy atom. The molecule has 3 rings (SSSR count). The first-order valence-electron chi connectivity index (χ1n) is 8.64. The van der Waals surface area contributed by atoms with Gasteiger partial charge in [0, 0.05) is 17.1 Å². The van der Waals surface area contributed by atoms with Crippen LogP contribution in [0.2, 0.25) is 5.02 Å². The van der Waals surface area contributed by atoms with Crippen LogP contribution in [-0.4, -0.2) is 40.5 Å². The summed E-state index contributed by atoms with van der Waals surface area (Å²) in [5.74, 6) is 1.98. The lowest BCUT2D eigenvalue weighted by molar-refractivity contribution is 0.101. The average Bonchev–Trinajstić information content (AvgIpc) is 3.14. The van der Waals surface area contributed by atoms with Gasteiger partial charge in [0.15, 0.2) is 16.8 Å². The van der Waals surface area contributed by atoms with E-state index in [1.807, 2.05) is 35.8 Å². The lowest BCUT2D eigenvalue weighted by Crippen LogP contribution is -2.07. The summed E-state index contributed by atoms with van der Waals surface area (Å²) in [5, 5.41) is 9.86. The van der Waals surface area contributed by atoms with E-state index in [9.17, 15) is 4.79 Å². The number of ketones is 1. The second-order valence-corrected chi connectivity index (χ2v) is 7.22. The van der Waals surface area contributed by atoms with Gasteiger partial charge in [0.25, 0.3) is 0 Å². The maximum Gasteiger partial charge on any atom is 0.191 e.